The van der Waals surface area contributed by atoms with Gasteiger partial charge in [-0.25, -0.2) is 0 Å². The van der Waals surface area contributed by atoms with Gasteiger partial charge in [-0.3, -0.25) is 0 Å². The fraction of sp³-hybridized carbons (Fsp3) is 0.162. The van der Waals surface area contributed by atoms with E-state index in [1.807, 2.05) is 26.0 Å². The van der Waals surface area contributed by atoms with Crippen molar-refractivity contribution >= 4 is 30.6 Å². The van der Waals surface area contributed by atoms with E-state index < -0.39 is 0 Å². The van der Waals surface area contributed by atoms with Crippen molar-refractivity contribution in [3.05, 3.63) is 292 Å². The molecule has 0 saturated heterocycles. The number of fused-ring (bicyclic) bond motifs is 4. The second kappa shape index (κ2) is 27.0. The fourth-order valence-electron chi connectivity index (χ4n) is 8.43. The number of aryl methyl sites for hydroxylation is 2. The van der Waals surface area contributed by atoms with Crippen LogP contribution < -0.4 is 0 Å². The highest BCUT2D eigenvalue weighted by molar-refractivity contribution is 7.28. The second-order valence-corrected chi connectivity index (χ2v) is 18.2. The molecule has 69 heavy (non-hydrogen) atoms. The largest absolute Gasteiger partial charge is 0.0991 e. The summed E-state index contributed by atoms with van der Waals surface area (Å²) in [5, 5.41) is 2.72. The summed E-state index contributed by atoms with van der Waals surface area (Å²) in [5.41, 5.74) is 21.6. The third-order valence-corrected chi connectivity index (χ3v) is 13.1. The Labute approximate surface area is 416 Å². The van der Waals surface area contributed by atoms with E-state index in [2.05, 4.69) is 259 Å². The molecular weight excluding hydrogens is 848 g/mol. The third kappa shape index (κ3) is 14.9. The predicted octanol–water partition coefficient (Wildman–Crippen LogP) is 19.7. The summed E-state index contributed by atoms with van der Waals surface area (Å²) in [7, 11) is 1.28. The quantitative estimate of drug-likeness (QED) is 0.107. The highest BCUT2D eigenvalue weighted by Gasteiger charge is 2.19. The number of allylic oxidation sites excluding steroid dienone is 10. The van der Waals surface area contributed by atoms with Crippen LogP contribution in [0.25, 0.3) is 44.7 Å². The smallest absolute Gasteiger partial charge is 0.00106 e. The van der Waals surface area contributed by atoms with E-state index >= 15 is 0 Å². The molecule has 0 saturated carbocycles. The van der Waals surface area contributed by atoms with Crippen LogP contribution >= 0.6 is 8.19 Å². The van der Waals surface area contributed by atoms with Crippen LogP contribution in [-0.4, -0.2) is 0 Å². The first-order valence-corrected chi connectivity index (χ1v) is 25.6. The molecule has 1 aliphatic rings. The van der Waals surface area contributed by atoms with E-state index in [4.69, 9.17) is 0 Å². The number of rotatable bonds is 12. The lowest BCUT2D eigenvalue weighted by Crippen LogP contribution is -1.92. The van der Waals surface area contributed by atoms with Gasteiger partial charge in [0.2, 0.25) is 0 Å². The molecule has 346 valence electrons. The lowest BCUT2D eigenvalue weighted by Gasteiger charge is -2.09. The second-order valence-electron chi connectivity index (χ2n) is 17.3. The summed E-state index contributed by atoms with van der Waals surface area (Å²) in [5.74, 6) is 4.47. The lowest BCUT2D eigenvalue weighted by atomic mass is 9.96. The van der Waals surface area contributed by atoms with E-state index in [0.717, 1.165) is 25.7 Å². The Hall–Kier alpha value is -7.11. The fourth-order valence-corrected chi connectivity index (χ4v) is 9.13. The Morgan fingerprint density at radius 3 is 2.07 bits per heavy atom. The molecule has 7 aromatic carbocycles. The van der Waals surface area contributed by atoms with Gasteiger partial charge in [-0.1, -0.05) is 258 Å². The summed E-state index contributed by atoms with van der Waals surface area (Å²) in [4.78, 5) is 0. The molecule has 0 N–H and O–H groups in total. The molecule has 1 aromatic heterocycles. The number of hydrogen-bond donors (Lipinski definition) is 0. The van der Waals surface area contributed by atoms with Crippen molar-refractivity contribution in [1.29, 1.82) is 0 Å². The van der Waals surface area contributed by atoms with Gasteiger partial charge in [-0.05, 0) is 161 Å². The molecule has 0 amide bonds. The average Bonchev–Trinajstić information content (AvgIpc) is 3.78. The van der Waals surface area contributed by atoms with Gasteiger partial charge in [0.15, 0.2) is 0 Å². The molecule has 0 nitrogen and oxygen atoms in total. The highest BCUT2D eigenvalue weighted by atomic mass is 31.0. The summed E-state index contributed by atoms with van der Waals surface area (Å²) in [6.07, 6.45) is 23.1. The molecule has 0 aliphatic heterocycles. The van der Waals surface area contributed by atoms with Crippen molar-refractivity contribution in [2.45, 2.75) is 74.1 Å². The molecule has 0 spiro atoms. The van der Waals surface area contributed by atoms with Gasteiger partial charge in [0, 0.05) is 0 Å². The van der Waals surface area contributed by atoms with Crippen LogP contribution in [0.5, 0.6) is 0 Å². The minimum atomic E-state index is 0.928. The van der Waals surface area contributed by atoms with Gasteiger partial charge < -0.3 is 0 Å². The van der Waals surface area contributed by atoms with Crippen LogP contribution in [0.3, 0.4) is 0 Å². The Balaban J connectivity index is 0.000000168. The van der Waals surface area contributed by atoms with Gasteiger partial charge >= 0.3 is 0 Å². The summed E-state index contributed by atoms with van der Waals surface area (Å²) >= 11 is 0. The molecule has 1 heteroatoms. The zero-order valence-corrected chi connectivity index (χ0v) is 42.8. The van der Waals surface area contributed by atoms with Gasteiger partial charge in [0.1, 0.15) is 0 Å². The lowest BCUT2D eigenvalue weighted by molar-refractivity contribution is 1.15. The van der Waals surface area contributed by atoms with Crippen molar-refractivity contribution in [3.8, 4) is 22.3 Å². The zero-order valence-electron chi connectivity index (χ0n) is 41.9. The molecule has 8 aromatic rings. The van der Waals surface area contributed by atoms with Crippen molar-refractivity contribution in [3.63, 3.8) is 0 Å². The maximum atomic E-state index is 3.75. The molecule has 0 fully saturated rings. The Bertz CT molecular complexity index is 3050. The Morgan fingerprint density at radius 2 is 1.29 bits per heavy atom. The topological polar surface area (TPSA) is 0 Å². The average molecular weight is 917 g/mol. The van der Waals surface area contributed by atoms with Gasteiger partial charge in [0.05, 0.1) is 0 Å². The Morgan fingerprint density at radius 1 is 0.623 bits per heavy atom. The number of benzene rings is 7. The summed E-state index contributed by atoms with van der Waals surface area (Å²) in [6, 6.07) is 59.0. The minimum Gasteiger partial charge on any atom is -0.0991 e. The van der Waals surface area contributed by atoms with Crippen LogP contribution in [0.15, 0.2) is 236 Å². The minimum absolute atomic E-state index is 0.928. The van der Waals surface area contributed by atoms with E-state index in [1.165, 1.54) is 108 Å². The van der Waals surface area contributed by atoms with E-state index in [9.17, 15) is 0 Å². The highest BCUT2D eigenvalue weighted by Crippen LogP contribution is 2.38. The maximum Gasteiger partial charge on any atom is -0.00106 e. The molecule has 0 bridgehead atoms. The van der Waals surface area contributed by atoms with E-state index in [1.54, 1.807) is 0 Å². The van der Waals surface area contributed by atoms with Crippen LogP contribution in [0.4, 0.5) is 0 Å². The van der Waals surface area contributed by atoms with E-state index in [-0.39, 0.29) is 0 Å². The summed E-state index contributed by atoms with van der Waals surface area (Å²) < 4.78 is 0. The Kier molecular flexibility index (Phi) is 20.1. The molecule has 0 atom stereocenters. The normalized spacial score (nSPS) is 12.0. The third-order valence-electron chi connectivity index (χ3n) is 12.4. The molecule has 1 aliphatic carbocycles. The van der Waals surface area contributed by atoms with Crippen molar-refractivity contribution in [2.24, 2.45) is 0 Å². The SMILES string of the molecule is C/C(=C\C=C/Cc1cccc2cpccc12)c1ccc(C)cc1.C/C=C(C)\C=C/Cc1cccc2c1Cc1ccccc1-2.C=C/C=C\c1ccccc1Cc1cccc(-c2ccc(C)cc2)c1.CC. The standard InChI is InChI=1S/C24H22.C22H21P.C20H20.C2H6/c1-3-4-9-21-10-5-6-11-23(21)17-20-8-7-12-24(18-20)22-15-13-19(2)14-16-22;1-17-10-12-19(13-11-17)18(2)6-3-4-7-20-8-5-9-21-16-23-15-14-22(20)21;1-3-15(2)8-6-10-16-11-7-13-19-18-12-5-4-9-17(18)14-20(16)19;1-2/h3-16,18H,1,17H2,2H3;3-6,8-16H,7H2,1-2H3;3-9,11-13H,10,14H2,1-2H3;1-2H3/b9-4-;4-3-,18-6+;8-6-,15-3-;. The van der Waals surface area contributed by atoms with Crippen molar-refractivity contribution < 1.29 is 0 Å². The van der Waals surface area contributed by atoms with Gasteiger partial charge in [-0.2, -0.15) is 0 Å². The molecule has 0 radical (unpaired) electrons. The van der Waals surface area contributed by atoms with Crippen molar-refractivity contribution in [2.75, 3.05) is 0 Å². The first kappa shape index (κ1) is 51.3. The summed E-state index contributed by atoms with van der Waals surface area (Å²) in [6.45, 7) is 18.4. The monoisotopic (exact) mass is 917 g/mol. The first-order chi connectivity index (χ1) is 33.8. The van der Waals surface area contributed by atoms with Crippen LogP contribution in [0.2, 0.25) is 0 Å². The zero-order chi connectivity index (χ0) is 48.8. The molecule has 9 rings (SSSR count). The molecule has 0 unspecified atom stereocenters. The molecule has 1 heterocycles. The van der Waals surface area contributed by atoms with Crippen molar-refractivity contribution in [1.82, 2.24) is 0 Å². The number of hydrogen-bond acceptors (Lipinski definition) is 0. The predicted molar refractivity (Wildman–Crippen MR) is 308 cm³/mol. The van der Waals surface area contributed by atoms with Gasteiger partial charge in [-0.15, -0.1) is 0 Å². The first-order valence-electron chi connectivity index (χ1n) is 24.5. The molecular formula is C68H69P. The van der Waals surface area contributed by atoms with E-state index in [0.29, 0.717) is 0 Å². The van der Waals surface area contributed by atoms with Crippen LogP contribution in [0.1, 0.15) is 90.3 Å². The maximum absolute atomic E-state index is 3.75. The van der Waals surface area contributed by atoms with Crippen LogP contribution in [-0.2, 0) is 25.7 Å². The van der Waals surface area contributed by atoms with Crippen LogP contribution in [0, 0.1) is 13.8 Å². The van der Waals surface area contributed by atoms with Gasteiger partial charge in [0.25, 0.3) is 0 Å².